The Bertz CT molecular complexity index is 772. The molecule has 0 radical (unpaired) electrons. The number of aliphatic imine (C=N–C) groups is 1. The van der Waals surface area contributed by atoms with Crippen molar-refractivity contribution in [3.05, 3.63) is 46.4 Å². The third-order valence-corrected chi connectivity index (χ3v) is 5.45. The average molecular weight is 368 g/mol. The summed E-state index contributed by atoms with van der Waals surface area (Å²) >= 11 is 1.62. The molecular formula is C15H21N5O2S2. The highest BCUT2D eigenvalue weighted by Crippen LogP contribution is 2.10. The molecular weight excluding hydrogens is 346 g/mol. The van der Waals surface area contributed by atoms with E-state index in [9.17, 15) is 8.42 Å². The van der Waals surface area contributed by atoms with Gasteiger partial charge in [-0.25, -0.2) is 18.1 Å². The smallest absolute Gasteiger partial charge is 0.240 e. The minimum atomic E-state index is -3.48. The minimum Gasteiger partial charge on any atom is -0.355 e. The molecule has 0 spiro atoms. The highest BCUT2D eigenvalue weighted by molar-refractivity contribution is 7.89. The van der Waals surface area contributed by atoms with Crippen LogP contribution in [0, 0.1) is 6.92 Å². The van der Waals surface area contributed by atoms with Crippen LogP contribution >= 0.6 is 11.3 Å². The lowest BCUT2D eigenvalue weighted by Crippen LogP contribution is -2.41. The Balaban J connectivity index is 1.74. The van der Waals surface area contributed by atoms with Crippen molar-refractivity contribution >= 4 is 27.3 Å². The molecule has 0 bridgehead atoms. The molecule has 0 amide bonds. The summed E-state index contributed by atoms with van der Waals surface area (Å²) in [7, 11) is -1.81. The summed E-state index contributed by atoms with van der Waals surface area (Å²) in [5.74, 6) is 0.599. The monoisotopic (exact) mass is 367 g/mol. The van der Waals surface area contributed by atoms with Crippen LogP contribution in [0.25, 0.3) is 0 Å². The SMILES string of the molecule is CN=C(NCCNS(=O)(=O)c1ccccc1)NCc1ncc(C)s1. The van der Waals surface area contributed by atoms with Gasteiger partial charge in [-0.2, -0.15) is 0 Å². The van der Waals surface area contributed by atoms with Crippen molar-refractivity contribution in [1.82, 2.24) is 20.3 Å². The van der Waals surface area contributed by atoms with Gasteiger partial charge in [-0.3, -0.25) is 4.99 Å². The molecule has 24 heavy (non-hydrogen) atoms. The second kappa shape index (κ2) is 8.76. The summed E-state index contributed by atoms with van der Waals surface area (Å²) in [4.78, 5) is 9.78. The van der Waals surface area contributed by atoms with Crippen LogP contribution in [0.1, 0.15) is 9.88 Å². The molecule has 0 saturated carbocycles. The van der Waals surface area contributed by atoms with Crippen LogP contribution in [0.2, 0.25) is 0 Å². The zero-order chi connectivity index (χ0) is 17.4. The molecule has 1 heterocycles. The van der Waals surface area contributed by atoms with Gasteiger partial charge in [0.15, 0.2) is 5.96 Å². The van der Waals surface area contributed by atoms with Crippen LogP contribution in [0.3, 0.4) is 0 Å². The Kier molecular flexibility index (Phi) is 6.71. The number of guanidine groups is 1. The Morgan fingerprint density at radius 1 is 1.21 bits per heavy atom. The van der Waals surface area contributed by atoms with Gasteiger partial charge in [-0.05, 0) is 19.1 Å². The summed E-state index contributed by atoms with van der Waals surface area (Å²) in [6.07, 6.45) is 1.83. The molecule has 0 unspecified atom stereocenters. The van der Waals surface area contributed by atoms with E-state index in [0.29, 0.717) is 19.0 Å². The first kappa shape index (κ1) is 18.4. The fourth-order valence-electron chi connectivity index (χ4n) is 1.91. The molecule has 1 aromatic heterocycles. The summed E-state index contributed by atoms with van der Waals surface area (Å²) in [6, 6.07) is 8.29. The molecule has 2 aromatic rings. The molecule has 3 N–H and O–H groups in total. The van der Waals surface area contributed by atoms with Gasteiger partial charge >= 0.3 is 0 Å². The topological polar surface area (TPSA) is 95.5 Å². The maximum atomic E-state index is 12.1. The van der Waals surface area contributed by atoms with Gasteiger partial charge in [0.2, 0.25) is 10.0 Å². The van der Waals surface area contributed by atoms with Gasteiger partial charge in [0.25, 0.3) is 0 Å². The van der Waals surface area contributed by atoms with Gasteiger partial charge in [0, 0.05) is 31.2 Å². The van der Waals surface area contributed by atoms with Crippen molar-refractivity contribution in [3.63, 3.8) is 0 Å². The lowest BCUT2D eigenvalue weighted by Gasteiger charge is -2.11. The van der Waals surface area contributed by atoms with E-state index in [0.717, 1.165) is 9.88 Å². The van der Waals surface area contributed by atoms with E-state index in [4.69, 9.17) is 0 Å². The van der Waals surface area contributed by atoms with Crippen LogP contribution in [0.5, 0.6) is 0 Å². The third kappa shape index (κ3) is 5.59. The molecule has 9 heteroatoms. The number of thiazole rings is 1. The predicted molar refractivity (Wildman–Crippen MR) is 96.7 cm³/mol. The van der Waals surface area contributed by atoms with E-state index in [1.807, 2.05) is 13.1 Å². The van der Waals surface area contributed by atoms with Crippen LogP contribution in [0.15, 0.2) is 46.4 Å². The number of rotatable bonds is 7. The van der Waals surface area contributed by atoms with Crippen molar-refractivity contribution < 1.29 is 8.42 Å². The predicted octanol–water partition coefficient (Wildman–Crippen LogP) is 1.10. The molecule has 1 aromatic carbocycles. The number of nitrogens with one attached hydrogen (secondary N) is 3. The third-order valence-electron chi connectivity index (χ3n) is 3.06. The second-order valence-corrected chi connectivity index (χ2v) is 8.01. The average Bonchev–Trinajstić information content (AvgIpc) is 3.00. The maximum absolute atomic E-state index is 12.1. The Morgan fingerprint density at radius 3 is 2.58 bits per heavy atom. The molecule has 0 fully saturated rings. The van der Waals surface area contributed by atoms with Crippen LogP contribution in [0.4, 0.5) is 0 Å². The molecule has 0 atom stereocenters. The number of aryl methyl sites for hydroxylation is 1. The summed E-state index contributed by atoms with van der Waals surface area (Å²) in [5, 5.41) is 7.17. The van der Waals surface area contributed by atoms with Crippen LogP contribution in [-0.2, 0) is 16.6 Å². The first-order chi connectivity index (χ1) is 11.5. The standard InChI is InChI=1S/C15H21N5O2S2/c1-12-10-18-14(23-12)11-19-15(16-2)17-8-9-20-24(21,22)13-6-4-3-5-7-13/h3-7,10,20H,8-9,11H2,1-2H3,(H2,16,17,19). The number of nitrogens with zero attached hydrogens (tertiary/aromatic N) is 2. The summed E-state index contributed by atoms with van der Waals surface area (Å²) in [5.41, 5.74) is 0. The highest BCUT2D eigenvalue weighted by Gasteiger charge is 2.12. The molecule has 0 aliphatic heterocycles. The number of sulfonamides is 1. The van der Waals surface area contributed by atoms with Crippen molar-refractivity contribution in [2.45, 2.75) is 18.4 Å². The maximum Gasteiger partial charge on any atom is 0.240 e. The zero-order valence-electron chi connectivity index (χ0n) is 13.6. The lowest BCUT2D eigenvalue weighted by atomic mass is 10.4. The van der Waals surface area contributed by atoms with Crippen molar-refractivity contribution in [3.8, 4) is 0 Å². The van der Waals surface area contributed by atoms with Crippen molar-refractivity contribution in [2.75, 3.05) is 20.1 Å². The molecule has 0 aliphatic rings. The molecule has 7 nitrogen and oxygen atoms in total. The molecule has 2 rings (SSSR count). The normalized spacial score (nSPS) is 12.2. The van der Waals surface area contributed by atoms with Crippen LogP contribution < -0.4 is 15.4 Å². The van der Waals surface area contributed by atoms with Gasteiger partial charge in [0.05, 0.1) is 11.4 Å². The Labute approximate surface area is 146 Å². The van der Waals surface area contributed by atoms with Gasteiger partial charge in [-0.15, -0.1) is 11.3 Å². The Hall–Kier alpha value is -1.97. The van der Waals surface area contributed by atoms with Crippen molar-refractivity contribution in [1.29, 1.82) is 0 Å². The number of hydrogen-bond donors (Lipinski definition) is 3. The quantitative estimate of drug-likeness (QED) is 0.387. The first-order valence-electron chi connectivity index (χ1n) is 7.42. The van der Waals surface area contributed by atoms with E-state index in [1.165, 1.54) is 0 Å². The highest BCUT2D eigenvalue weighted by atomic mass is 32.2. The zero-order valence-corrected chi connectivity index (χ0v) is 15.2. The van der Waals surface area contributed by atoms with E-state index in [2.05, 4.69) is 25.3 Å². The largest absolute Gasteiger partial charge is 0.355 e. The molecule has 0 saturated heterocycles. The number of aromatic nitrogens is 1. The number of hydrogen-bond acceptors (Lipinski definition) is 5. The molecule has 130 valence electrons. The fraction of sp³-hybridized carbons (Fsp3) is 0.333. The Morgan fingerprint density at radius 2 is 1.96 bits per heavy atom. The van der Waals surface area contributed by atoms with Gasteiger partial charge in [-0.1, -0.05) is 18.2 Å². The van der Waals surface area contributed by atoms with E-state index >= 15 is 0 Å². The molecule has 0 aliphatic carbocycles. The minimum absolute atomic E-state index is 0.256. The first-order valence-corrected chi connectivity index (χ1v) is 9.72. The van der Waals surface area contributed by atoms with E-state index in [-0.39, 0.29) is 11.4 Å². The van der Waals surface area contributed by atoms with Crippen molar-refractivity contribution in [2.24, 2.45) is 4.99 Å². The number of benzene rings is 1. The fourth-order valence-corrected chi connectivity index (χ4v) is 3.69. The van der Waals surface area contributed by atoms with E-state index in [1.54, 1.807) is 48.7 Å². The van der Waals surface area contributed by atoms with Gasteiger partial charge in [0.1, 0.15) is 5.01 Å². The summed E-state index contributed by atoms with van der Waals surface area (Å²) < 4.78 is 26.7. The van der Waals surface area contributed by atoms with E-state index < -0.39 is 10.0 Å². The summed E-state index contributed by atoms with van der Waals surface area (Å²) in [6.45, 7) is 3.26. The van der Waals surface area contributed by atoms with Gasteiger partial charge < -0.3 is 10.6 Å². The van der Waals surface area contributed by atoms with Crippen LogP contribution in [-0.4, -0.2) is 39.5 Å². The lowest BCUT2D eigenvalue weighted by molar-refractivity contribution is 0.580. The second-order valence-electron chi connectivity index (χ2n) is 4.93.